The first-order valence-electron chi connectivity index (χ1n) is 10.2. The molecule has 1 saturated heterocycles. The predicted octanol–water partition coefficient (Wildman–Crippen LogP) is 2.10. The van der Waals surface area contributed by atoms with Crippen LogP contribution in [0.1, 0.15) is 28.8 Å². The number of carbonyl (C=O) groups excluding carboxylic acids is 1. The topological polar surface area (TPSA) is 112 Å². The van der Waals surface area contributed by atoms with Crippen LogP contribution in [-0.2, 0) is 21.3 Å². The van der Waals surface area contributed by atoms with Crippen LogP contribution in [0.3, 0.4) is 0 Å². The molecule has 0 aromatic heterocycles. The number of amides is 1. The van der Waals surface area contributed by atoms with Crippen molar-refractivity contribution in [1.29, 1.82) is 0 Å². The summed E-state index contributed by atoms with van der Waals surface area (Å²) in [5, 5.41) is 2.78. The van der Waals surface area contributed by atoms with Gasteiger partial charge in [-0.1, -0.05) is 6.07 Å². The lowest BCUT2D eigenvalue weighted by atomic mass is 10.1. The minimum absolute atomic E-state index is 0.0240. The molecule has 9 nitrogen and oxygen atoms in total. The Morgan fingerprint density at radius 1 is 1.09 bits per heavy atom. The normalized spacial score (nSPS) is 15.9. The Hall–Kier alpha value is -2.82. The first-order chi connectivity index (χ1) is 15.4. The molecule has 2 aromatic carbocycles. The van der Waals surface area contributed by atoms with Gasteiger partial charge in [-0.3, -0.25) is 4.79 Å². The number of sulfonamides is 1. The summed E-state index contributed by atoms with van der Waals surface area (Å²) in [4.78, 5) is 12.7. The van der Waals surface area contributed by atoms with E-state index < -0.39 is 15.9 Å². The standard InChI is InChI=1S/C22H28N2O7S/c1-28-19-10-15(11-20(29-2)21(19)30-3)13-23-22(25)16-6-4-8-18(12-16)32(26,27)24-14-17-7-5-9-31-17/h4,6,8,10-12,17,24H,5,7,9,13-14H2,1-3H3,(H,23,25). The van der Waals surface area contributed by atoms with Crippen LogP contribution < -0.4 is 24.2 Å². The van der Waals surface area contributed by atoms with Crippen LogP contribution in [0.2, 0.25) is 0 Å². The molecular weight excluding hydrogens is 436 g/mol. The molecule has 0 bridgehead atoms. The average Bonchev–Trinajstić information content (AvgIpc) is 3.34. The molecule has 1 atom stereocenters. The summed E-state index contributed by atoms with van der Waals surface area (Å²) in [5.74, 6) is 0.997. The fraction of sp³-hybridized carbons (Fsp3) is 0.409. The SMILES string of the molecule is COc1cc(CNC(=O)c2cccc(S(=O)(=O)NCC3CCCO3)c2)cc(OC)c1OC. The zero-order valence-electron chi connectivity index (χ0n) is 18.3. The van der Waals surface area contributed by atoms with Gasteiger partial charge in [0, 0.05) is 25.3 Å². The Morgan fingerprint density at radius 3 is 2.41 bits per heavy atom. The molecule has 2 aromatic rings. The van der Waals surface area contributed by atoms with E-state index in [0.717, 1.165) is 18.4 Å². The zero-order valence-corrected chi connectivity index (χ0v) is 19.2. The van der Waals surface area contributed by atoms with E-state index in [0.29, 0.717) is 23.9 Å². The van der Waals surface area contributed by atoms with Crippen molar-refractivity contribution in [2.24, 2.45) is 0 Å². The minimum atomic E-state index is -3.75. The van der Waals surface area contributed by atoms with E-state index in [1.807, 2.05) is 0 Å². The van der Waals surface area contributed by atoms with E-state index in [1.54, 1.807) is 18.2 Å². The molecule has 0 aliphatic carbocycles. The van der Waals surface area contributed by atoms with Crippen LogP contribution in [-0.4, -0.2) is 54.9 Å². The van der Waals surface area contributed by atoms with E-state index in [1.165, 1.54) is 39.5 Å². The van der Waals surface area contributed by atoms with E-state index in [-0.39, 0.29) is 29.7 Å². The van der Waals surface area contributed by atoms with Crippen LogP contribution in [0.4, 0.5) is 0 Å². The molecule has 2 N–H and O–H groups in total. The van der Waals surface area contributed by atoms with E-state index in [2.05, 4.69) is 10.0 Å². The minimum Gasteiger partial charge on any atom is -0.493 e. The first-order valence-corrected chi connectivity index (χ1v) is 11.6. The van der Waals surface area contributed by atoms with Gasteiger partial charge in [0.05, 0.1) is 32.3 Å². The summed E-state index contributed by atoms with van der Waals surface area (Å²) in [5.41, 5.74) is 0.965. The van der Waals surface area contributed by atoms with Gasteiger partial charge in [0.15, 0.2) is 11.5 Å². The van der Waals surface area contributed by atoms with Crippen molar-refractivity contribution in [1.82, 2.24) is 10.0 Å². The highest BCUT2D eigenvalue weighted by Gasteiger charge is 2.21. The molecule has 0 saturated carbocycles. The highest BCUT2D eigenvalue weighted by Crippen LogP contribution is 2.38. The van der Waals surface area contributed by atoms with Gasteiger partial charge in [-0.05, 0) is 48.7 Å². The second-order valence-electron chi connectivity index (χ2n) is 7.23. The van der Waals surface area contributed by atoms with Gasteiger partial charge < -0.3 is 24.3 Å². The van der Waals surface area contributed by atoms with Crippen LogP contribution >= 0.6 is 0 Å². The largest absolute Gasteiger partial charge is 0.493 e. The number of nitrogens with one attached hydrogen (secondary N) is 2. The first kappa shape index (κ1) is 23.8. The van der Waals surface area contributed by atoms with Crippen molar-refractivity contribution in [3.63, 3.8) is 0 Å². The van der Waals surface area contributed by atoms with Crippen LogP contribution in [0, 0.1) is 0 Å². The molecule has 3 rings (SSSR count). The van der Waals surface area contributed by atoms with Gasteiger partial charge >= 0.3 is 0 Å². The zero-order chi connectivity index (χ0) is 23.1. The number of ether oxygens (including phenoxy) is 4. The summed E-state index contributed by atoms with van der Waals surface area (Å²) < 4.78 is 49.2. The van der Waals surface area contributed by atoms with E-state index in [4.69, 9.17) is 18.9 Å². The Bertz CT molecular complexity index is 1020. The average molecular weight is 465 g/mol. The second kappa shape index (κ2) is 10.7. The van der Waals surface area contributed by atoms with Crippen molar-refractivity contribution in [3.8, 4) is 17.2 Å². The number of carbonyl (C=O) groups is 1. The van der Waals surface area contributed by atoms with Crippen LogP contribution in [0.25, 0.3) is 0 Å². The lowest BCUT2D eigenvalue weighted by molar-refractivity contribution is 0.0950. The summed E-state index contributed by atoms with van der Waals surface area (Å²) >= 11 is 0. The molecule has 10 heteroatoms. The number of benzene rings is 2. The third kappa shape index (κ3) is 5.70. The second-order valence-corrected chi connectivity index (χ2v) is 9.00. The maximum atomic E-state index is 12.7. The highest BCUT2D eigenvalue weighted by atomic mass is 32.2. The van der Waals surface area contributed by atoms with Gasteiger partial charge in [0.1, 0.15) is 0 Å². The summed E-state index contributed by atoms with van der Waals surface area (Å²) in [6.45, 7) is 1.04. The van der Waals surface area contributed by atoms with Crippen LogP contribution in [0.15, 0.2) is 41.3 Å². The van der Waals surface area contributed by atoms with E-state index >= 15 is 0 Å². The number of hydrogen-bond donors (Lipinski definition) is 2. The molecule has 1 aliphatic heterocycles. The highest BCUT2D eigenvalue weighted by molar-refractivity contribution is 7.89. The molecule has 32 heavy (non-hydrogen) atoms. The maximum Gasteiger partial charge on any atom is 0.251 e. The molecule has 0 radical (unpaired) electrons. The van der Waals surface area contributed by atoms with Crippen molar-refractivity contribution >= 4 is 15.9 Å². The van der Waals surface area contributed by atoms with Crippen molar-refractivity contribution in [2.75, 3.05) is 34.5 Å². The van der Waals surface area contributed by atoms with Crippen molar-refractivity contribution in [2.45, 2.75) is 30.4 Å². The monoisotopic (exact) mass is 464 g/mol. The number of methoxy groups -OCH3 is 3. The predicted molar refractivity (Wildman–Crippen MR) is 118 cm³/mol. The van der Waals surface area contributed by atoms with E-state index in [9.17, 15) is 13.2 Å². The third-order valence-corrected chi connectivity index (χ3v) is 6.53. The van der Waals surface area contributed by atoms with Crippen LogP contribution in [0.5, 0.6) is 17.2 Å². The summed E-state index contributed by atoms with van der Waals surface area (Å²) in [7, 11) is 0.784. The third-order valence-electron chi connectivity index (χ3n) is 5.11. The Morgan fingerprint density at radius 2 is 1.81 bits per heavy atom. The smallest absolute Gasteiger partial charge is 0.251 e. The number of rotatable bonds is 10. The molecule has 1 aliphatic rings. The van der Waals surface area contributed by atoms with Gasteiger partial charge in [-0.25, -0.2) is 13.1 Å². The van der Waals surface area contributed by atoms with Crippen molar-refractivity contribution in [3.05, 3.63) is 47.5 Å². The summed E-state index contributed by atoms with van der Waals surface area (Å²) in [6.07, 6.45) is 1.63. The molecular formula is C22H28N2O7S. The molecule has 174 valence electrons. The van der Waals surface area contributed by atoms with Gasteiger partial charge in [-0.15, -0.1) is 0 Å². The number of hydrogen-bond acceptors (Lipinski definition) is 7. The maximum absolute atomic E-state index is 12.7. The molecule has 1 fully saturated rings. The lowest BCUT2D eigenvalue weighted by Crippen LogP contribution is -2.32. The molecule has 1 unspecified atom stereocenters. The molecule has 1 amide bonds. The van der Waals surface area contributed by atoms with Gasteiger partial charge in [-0.2, -0.15) is 0 Å². The quantitative estimate of drug-likeness (QED) is 0.554. The molecule has 1 heterocycles. The molecule has 0 spiro atoms. The summed E-state index contributed by atoms with van der Waals surface area (Å²) in [6, 6.07) is 9.36. The Labute approximate surface area is 188 Å². The Balaban J connectivity index is 1.68. The fourth-order valence-corrected chi connectivity index (χ4v) is 4.53. The fourth-order valence-electron chi connectivity index (χ4n) is 3.42. The Kier molecular flexibility index (Phi) is 7.94. The lowest BCUT2D eigenvalue weighted by Gasteiger charge is -2.15. The van der Waals surface area contributed by atoms with Crippen molar-refractivity contribution < 1.29 is 32.2 Å². The van der Waals surface area contributed by atoms with Gasteiger partial charge in [0.25, 0.3) is 5.91 Å². The van der Waals surface area contributed by atoms with Gasteiger partial charge in [0.2, 0.25) is 15.8 Å².